The Balaban J connectivity index is 1.29. The van der Waals surface area contributed by atoms with Crippen molar-refractivity contribution in [2.75, 3.05) is 19.0 Å². The zero-order valence-corrected chi connectivity index (χ0v) is 22.8. The number of ether oxygens (including phenoxy) is 3. The fraction of sp³-hybridized carbons (Fsp3) is 0.655. The number of rotatable bonds is 11. The van der Waals surface area contributed by atoms with E-state index >= 15 is 0 Å². The smallest absolute Gasteiger partial charge is 0.240 e. The highest BCUT2D eigenvalue weighted by molar-refractivity contribution is 5.94. The third-order valence-electron chi connectivity index (χ3n) is 8.14. The molecule has 0 unspecified atom stereocenters. The Bertz CT molecular complexity index is 999. The normalized spacial score (nSPS) is 32.9. The SMILES string of the molecule is CO[C@@H]1[C@H](NC(=O)CCCc2ccc(NC(=O)[C@H](C)N)cc2)CC[C@]2(CO2)[C@H]1[C@@]1(C)O[C@@H]1CC=C(C)C. The second kappa shape index (κ2) is 11.2. The summed E-state index contributed by atoms with van der Waals surface area (Å²) in [4.78, 5) is 24.6. The topological polar surface area (TPSA) is 119 Å². The number of hydrogen-bond acceptors (Lipinski definition) is 6. The fourth-order valence-corrected chi connectivity index (χ4v) is 5.88. The molecule has 7 atom stereocenters. The van der Waals surface area contributed by atoms with Crippen LogP contribution in [0.4, 0.5) is 5.69 Å². The van der Waals surface area contributed by atoms with Crippen molar-refractivity contribution >= 4 is 17.5 Å². The summed E-state index contributed by atoms with van der Waals surface area (Å²) in [6.07, 6.45) is 6.82. The molecule has 3 aliphatic rings. The van der Waals surface area contributed by atoms with Gasteiger partial charge in [-0.25, -0.2) is 0 Å². The maximum Gasteiger partial charge on any atom is 0.240 e. The van der Waals surface area contributed by atoms with E-state index in [4.69, 9.17) is 19.9 Å². The molecule has 8 heteroatoms. The van der Waals surface area contributed by atoms with E-state index in [9.17, 15) is 9.59 Å². The molecular weight excluding hydrogens is 470 g/mol. The lowest BCUT2D eigenvalue weighted by Gasteiger charge is -2.43. The second-order valence-corrected chi connectivity index (χ2v) is 11.4. The average molecular weight is 514 g/mol. The van der Waals surface area contributed by atoms with Crippen LogP contribution in [-0.2, 0) is 30.2 Å². The Kier molecular flexibility index (Phi) is 8.43. The number of nitrogens with one attached hydrogen (secondary N) is 2. The minimum absolute atomic E-state index is 0.0437. The van der Waals surface area contributed by atoms with Crippen molar-refractivity contribution in [1.82, 2.24) is 5.32 Å². The first-order valence-electron chi connectivity index (χ1n) is 13.5. The highest BCUT2D eigenvalue weighted by atomic mass is 16.6. The first kappa shape index (κ1) is 27.8. The summed E-state index contributed by atoms with van der Waals surface area (Å²) < 4.78 is 18.3. The van der Waals surface area contributed by atoms with Crippen LogP contribution in [0, 0.1) is 5.92 Å². The zero-order valence-electron chi connectivity index (χ0n) is 22.8. The van der Waals surface area contributed by atoms with Crippen molar-refractivity contribution in [3.8, 4) is 0 Å². The number of aryl methyl sites for hydroxylation is 1. The Morgan fingerprint density at radius 2 is 1.97 bits per heavy atom. The van der Waals surface area contributed by atoms with Gasteiger partial charge in [-0.3, -0.25) is 9.59 Å². The highest BCUT2D eigenvalue weighted by Crippen LogP contribution is 2.59. The standard InChI is InChI=1S/C29H43N3O5/c1-18(2)9-14-23-28(4,37-23)26-25(35-5)22(15-16-29(26)17-36-29)32-24(33)8-6-7-20-10-12-21(13-11-20)31-27(34)19(3)30/h9-13,19,22-23,25-26H,6-8,14-17,30H2,1-5H3,(H,31,34)(H,32,33)/t19-,22+,23+,25+,26+,28-,29-/m0/s1. The summed E-state index contributed by atoms with van der Waals surface area (Å²) in [6, 6.07) is 7.05. The first-order valence-corrected chi connectivity index (χ1v) is 13.5. The number of methoxy groups -OCH3 is 1. The van der Waals surface area contributed by atoms with E-state index in [-0.39, 0.29) is 47.2 Å². The van der Waals surface area contributed by atoms with Gasteiger partial charge in [0.25, 0.3) is 0 Å². The number of allylic oxidation sites excluding steroid dienone is 1. The van der Waals surface area contributed by atoms with Gasteiger partial charge in [0.15, 0.2) is 0 Å². The summed E-state index contributed by atoms with van der Waals surface area (Å²) >= 11 is 0. The number of carbonyl (C=O) groups excluding carboxylic acids is 2. The van der Waals surface area contributed by atoms with Gasteiger partial charge in [0, 0.05) is 25.1 Å². The van der Waals surface area contributed by atoms with Crippen molar-refractivity contribution in [3.05, 3.63) is 41.5 Å². The van der Waals surface area contributed by atoms with E-state index in [1.54, 1.807) is 14.0 Å². The van der Waals surface area contributed by atoms with Gasteiger partial charge in [0.2, 0.25) is 11.8 Å². The third kappa shape index (κ3) is 6.42. The molecule has 0 bridgehead atoms. The molecule has 0 radical (unpaired) electrons. The molecule has 2 saturated heterocycles. The zero-order chi connectivity index (χ0) is 26.8. The summed E-state index contributed by atoms with van der Waals surface area (Å²) in [5, 5.41) is 6.04. The van der Waals surface area contributed by atoms with E-state index in [0.29, 0.717) is 6.42 Å². The van der Waals surface area contributed by atoms with Gasteiger partial charge in [0.05, 0.1) is 36.5 Å². The van der Waals surface area contributed by atoms with E-state index in [0.717, 1.165) is 50.0 Å². The van der Waals surface area contributed by atoms with Crippen LogP contribution in [0.2, 0.25) is 0 Å². The molecular formula is C29H43N3O5. The van der Waals surface area contributed by atoms with Crippen LogP contribution in [0.15, 0.2) is 35.9 Å². The monoisotopic (exact) mass is 513 g/mol. The van der Waals surface area contributed by atoms with Gasteiger partial charge in [-0.2, -0.15) is 0 Å². The van der Waals surface area contributed by atoms with Crippen LogP contribution in [0.5, 0.6) is 0 Å². The van der Waals surface area contributed by atoms with Gasteiger partial charge in [-0.15, -0.1) is 0 Å². The summed E-state index contributed by atoms with van der Waals surface area (Å²) in [5.74, 6) is -0.0864. The Hall–Kier alpha value is -2.26. The van der Waals surface area contributed by atoms with E-state index < -0.39 is 6.04 Å². The molecule has 1 aromatic rings. The molecule has 204 valence electrons. The molecule has 1 saturated carbocycles. The summed E-state index contributed by atoms with van der Waals surface area (Å²) in [7, 11) is 1.73. The van der Waals surface area contributed by atoms with E-state index in [1.165, 1.54) is 5.57 Å². The lowest BCUT2D eigenvalue weighted by atomic mass is 9.67. The maximum atomic E-state index is 12.9. The number of hydrogen-bond donors (Lipinski definition) is 3. The molecule has 1 aromatic carbocycles. The van der Waals surface area contributed by atoms with Crippen LogP contribution in [0.25, 0.3) is 0 Å². The molecule has 4 N–H and O–H groups in total. The minimum atomic E-state index is -0.554. The largest absolute Gasteiger partial charge is 0.379 e. The molecule has 2 heterocycles. The molecule has 0 aromatic heterocycles. The van der Waals surface area contributed by atoms with Gasteiger partial charge >= 0.3 is 0 Å². The fourth-order valence-electron chi connectivity index (χ4n) is 5.88. The number of nitrogens with two attached hydrogens (primary N) is 1. The second-order valence-electron chi connectivity index (χ2n) is 11.4. The third-order valence-corrected chi connectivity index (χ3v) is 8.14. The van der Waals surface area contributed by atoms with Crippen molar-refractivity contribution in [2.24, 2.45) is 11.7 Å². The summed E-state index contributed by atoms with van der Waals surface area (Å²) in [5.41, 5.74) is 8.23. The molecule has 1 aliphatic carbocycles. The van der Waals surface area contributed by atoms with Crippen molar-refractivity contribution < 1.29 is 23.8 Å². The highest BCUT2D eigenvalue weighted by Gasteiger charge is 2.71. The number of benzene rings is 1. The molecule has 37 heavy (non-hydrogen) atoms. The predicted octanol–water partition coefficient (Wildman–Crippen LogP) is 3.49. The van der Waals surface area contributed by atoms with Crippen LogP contribution in [-0.4, -0.2) is 61.0 Å². The first-order chi connectivity index (χ1) is 17.6. The lowest BCUT2D eigenvalue weighted by molar-refractivity contribution is -0.126. The Labute approximate surface area is 220 Å². The number of epoxide rings is 2. The number of carbonyl (C=O) groups is 2. The molecule has 2 aliphatic heterocycles. The molecule has 3 fully saturated rings. The maximum absolute atomic E-state index is 12.9. The Morgan fingerprint density at radius 3 is 2.57 bits per heavy atom. The summed E-state index contributed by atoms with van der Waals surface area (Å²) in [6.45, 7) is 8.77. The van der Waals surface area contributed by atoms with Crippen LogP contribution >= 0.6 is 0 Å². The number of amides is 2. The molecule has 2 amide bonds. The van der Waals surface area contributed by atoms with Crippen LogP contribution in [0.3, 0.4) is 0 Å². The van der Waals surface area contributed by atoms with Crippen LogP contribution in [0.1, 0.15) is 65.4 Å². The van der Waals surface area contributed by atoms with Crippen LogP contribution < -0.4 is 16.4 Å². The van der Waals surface area contributed by atoms with Gasteiger partial charge in [-0.1, -0.05) is 23.8 Å². The van der Waals surface area contributed by atoms with Crippen molar-refractivity contribution in [3.63, 3.8) is 0 Å². The van der Waals surface area contributed by atoms with Gasteiger partial charge in [0.1, 0.15) is 5.60 Å². The molecule has 8 nitrogen and oxygen atoms in total. The van der Waals surface area contributed by atoms with E-state index in [1.807, 2.05) is 24.3 Å². The quantitative estimate of drug-likeness (QED) is 0.308. The lowest BCUT2D eigenvalue weighted by Crippen LogP contribution is -2.59. The van der Waals surface area contributed by atoms with Crippen molar-refractivity contribution in [1.29, 1.82) is 0 Å². The van der Waals surface area contributed by atoms with Crippen molar-refractivity contribution in [2.45, 2.75) is 102 Å². The Morgan fingerprint density at radius 1 is 1.27 bits per heavy atom. The van der Waals surface area contributed by atoms with Gasteiger partial charge in [-0.05, 0) is 77.5 Å². The predicted molar refractivity (Wildman–Crippen MR) is 143 cm³/mol. The molecule has 4 rings (SSSR count). The molecule has 1 spiro atoms. The number of anilines is 1. The van der Waals surface area contributed by atoms with E-state index in [2.05, 4.69) is 37.5 Å². The average Bonchev–Trinajstić information content (AvgIpc) is 3.77. The van der Waals surface area contributed by atoms with Gasteiger partial charge < -0.3 is 30.6 Å². The minimum Gasteiger partial charge on any atom is -0.379 e.